The van der Waals surface area contributed by atoms with Crippen LogP contribution in [0.5, 0.6) is 0 Å². The van der Waals surface area contributed by atoms with Gasteiger partial charge < -0.3 is 10.2 Å². The number of fused-ring (bicyclic) bond motifs is 1. The lowest BCUT2D eigenvalue weighted by molar-refractivity contribution is -0.137. The van der Waals surface area contributed by atoms with Crippen molar-refractivity contribution in [3.63, 3.8) is 0 Å². The van der Waals surface area contributed by atoms with Crippen molar-refractivity contribution in [3.8, 4) is 0 Å². The number of rotatable bonds is 5. The van der Waals surface area contributed by atoms with Crippen molar-refractivity contribution >= 4 is 34.7 Å². The smallest absolute Gasteiger partial charge is 0.322 e. The normalized spacial score (nSPS) is 13.6. The van der Waals surface area contributed by atoms with Crippen LogP contribution in [-0.4, -0.2) is 23.5 Å². The van der Waals surface area contributed by atoms with Gasteiger partial charge in [0.25, 0.3) is 5.91 Å². The van der Waals surface area contributed by atoms with Gasteiger partial charge in [-0.05, 0) is 67.4 Å². The fourth-order valence-electron chi connectivity index (χ4n) is 4.22. The summed E-state index contributed by atoms with van der Waals surface area (Å²) in [5.74, 6) is -1.41. The van der Waals surface area contributed by atoms with Crippen molar-refractivity contribution in [2.45, 2.75) is 39.8 Å². The van der Waals surface area contributed by atoms with E-state index in [-0.39, 0.29) is 29.4 Å². The van der Waals surface area contributed by atoms with Crippen molar-refractivity contribution in [2.24, 2.45) is 0 Å². The van der Waals surface area contributed by atoms with Crippen LogP contribution < -0.4 is 15.1 Å². The summed E-state index contributed by atoms with van der Waals surface area (Å²) in [7, 11) is 0. The molecule has 0 radical (unpaired) electrons. The highest BCUT2D eigenvalue weighted by atomic mass is 19.4. The summed E-state index contributed by atoms with van der Waals surface area (Å²) in [5.41, 5.74) is 1.11. The highest BCUT2D eigenvalue weighted by Gasteiger charge is 2.37. The zero-order valence-electron chi connectivity index (χ0n) is 19.9. The number of carbonyl (C=O) groups is 2. The summed E-state index contributed by atoms with van der Waals surface area (Å²) in [4.78, 5) is 32.9. The van der Waals surface area contributed by atoms with E-state index < -0.39 is 29.4 Å². The first-order valence-corrected chi connectivity index (χ1v) is 11.3. The maximum atomic E-state index is 13.8. The summed E-state index contributed by atoms with van der Waals surface area (Å²) in [6.07, 6.45) is -3.21. The number of nitrogens with one attached hydrogen (secondary N) is 1. The van der Waals surface area contributed by atoms with Gasteiger partial charge in [-0.3, -0.25) is 14.5 Å². The molecule has 0 aliphatic carbocycles. The zero-order chi connectivity index (χ0) is 26.2. The Hall–Kier alpha value is -3.95. The first-order valence-electron chi connectivity index (χ1n) is 11.3. The molecule has 2 aromatic carbocycles. The topological polar surface area (TPSA) is 65.5 Å². The average molecular weight is 500 g/mol. The second-order valence-electron chi connectivity index (χ2n) is 8.56. The van der Waals surface area contributed by atoms with Crippen LogP contribution in [0.25, 0.3) is 0 Å². The van der Waals surface area contributed by atoms with Crippen LogP contribution >= 0.6 is 0 Å². The summed E-state index contributed by atoms with van der Waals surface area (Å²) >= 11 is 0. The second-order valence-corrected chi connectivity index (χ2v) is 8.56. The van der Waals surface area contributed by atoms with Crippen molar-refractivity contribution < 1.29 is 27.2 Å². The molecule has 1 aromatic heterocycles. The summed E-state index contributed by atoms with van der Waals surface area (Å²) < 4.78 is 54.4. The van der Waals surface area contributed by atoms with Gasteiger partial charge in [0.2, 0.25) is 5.91 Å². The van der Waals surface area contributed by atoms with Crippen molar-refractivity contribution in [1.82, 2.24) is 4.98 Å². The lowest BCUT2D eigenvalue weighted by Crippen LogP contribution is -2.45. The van der Waals surface area contributed by atoms with E-state index in [1.807, 2.05) is 6.92 Å². The molecular weight excluding hydrogens is 476 g/mol. The summed E-state index contributed by atoms with van der Waals surface area (Å²) in [6, 6.07) is 10.4. The quantitative estimate of drug-likeness (QED) is 0.423. The number of nitrogens with zero attached hydrogens (tertiary/aromatic N) is 3. The third kappa shape index (κ3) is 4.89. The highest BCUT2D eigenvalue weighted by Crippen LogP contribution is 2.41. The van der Waals surface area contributed by atoms with Crippen molar-refractivity contribution in [1.29, 1.82) is 0 Å². The molecule has 0 unspecified atom stereocenters. The molecule has 2 amide bonds. The van der Waals surface area contributed by atoms with Gasteiger partial charge in [-0.2, -0.15) is 13.2 Å². The van der Waals surface area contributed by atoms with E-state index in [0.29, 0.717) is 23.4 Å². The highest BCUT2D eigenvalue weighted by molar-refractivity contribution is 6.14. The SMILES string of the molecule is CCCc1ccc(N2CN(c3ccc(F)cc3C)c3ccc(C(F)(F)F)cc3C2=O)c(NC(C)=O)n1. The molecule has 0 spiro atoms. The Balaban J connectivity index is 1.90. The molecule has 1 N–H and O–H groups in total. The fourth-order valence-corrected chi connectivity index (χ4v) is 4.22. The number of halogens is 4. The third-order valence-corrected chi connectivity index (χ3v) is 5.85. The minimum absolute atomic E-state index is 0.0922. The Morgan fingerprint density at radius 2 is 1.72 bits per heavy atom. The predicted molar refractivity (Wildman–Crippen MR) is 129 cm³/mol. The Kier molecular flexibility index (Phi) is 6.71. The molecule has 36 heavy (non-hydrogen) atoms. The number of alkyl halides is 3. The molecule has 0 saturated carbocycles. The Bertz CT molecular complexity index is 1340. The maximum Gasteiger partial charge on any atom is 0.416 e. The minimum atomic E-state index is -4.65. The van der Waals surface area contributed by atoms with E-state index in [9.17, 15) is 27.2 Å². The van der Waals surface area contributed by atoms with Gasteiger partial charge in [0.15, 0.2) is 5.82 Å². The summed E-state index contributed by atoms with van der Waals surface area (Å²) in [6.45, 7) is 4.85. The van der Waals surface area contributed by atoms with Crippen LogP contribution in [0.3, 0.4) is 0 Å². The summed E-state index contributed by atoms with van der Waals surface area (Å²) in [5, 5.41) is 2.63. The molecule has 10 heteroatoms. The maximum absolute atomic E-state index is 13.8. The van der Waals surface area contributed by atoms with E-state index in [1.54, 1.807) is 24.0 Å². The molecule has 4 rings (SSSR count). The molecule has 6 nitrogen and oxygen atoms in total. The van der Waals surface area contributed by atoms with Gasteiger partial charge in [-0.15, -0.1) is 0 Å². The van der Waals surface area contributed by atoms with Crippen LogP contribution in [-0.2, 0) is 17.4 Å². The van der Waals surface area contributed by atoms with Crippen LogP contribution in [0.15, 0.2) is 48.5 Å². The molecule has 0 saturated heterocycles. The second kappa shape index (κ2) is 9.60. The number of anilines is 4. The number of hydrogen-bond acceptors (Lipinski definition) is 4. The molecule has 0 atom stereocenters. The molecular formula is C26H24F4N4O2. The molecule has 0 bridgehead atoms. The van der Waals surface area contributed by atoms with Gasteiger partial charge in [-0.1, -0.05) is 13.3 Å². The molecule has 2 heterocycles. The lowest BCUT2D eigenvalue weighted by atomic mass is 10.0. The molecule has 1 aliphatic rings. The van der Waals surface area contributed by atoms with Crippen LogP contribution in [0.2, 0.25) is 0 Å². The van der Waals surface area contributed by atoms with E-state index >= 15 is 0 Å². The molecule has 1 aliphatic heterocycles. The Labute approximate surface area is 205 Å². The lowest BCUT2D eigenvalue weighted by Gasteiger charge is -2.39. The van der Waals surface area contributed by atoms with Crippen molar-refractivity contribution in [3.05, 3.63) is 76.7 Å². The minimum Gasteiger partial charge on any atom is -0.322 e. The number of amides is 2. The number of hydrogen-bond donors (Lipinski definition) is 1. The number of aromatic nitrogens is 1. The Morgan fingerprint density at radius 1 is 1.03 bits per heavy atom. The first-order chi connectivity index (χ1) is 17.0. The number of carbonyl (C=O) groups excluding carboxylic acids is 2. The van der Waals surface area contributed by atoms with Gasteiger partial charge in [0.05, 0.1) is 22.5 Å². The van der Waals surface area contributed by atoms with E-state index in [2.05, 4.69) is 10.3 Å². The molecule has 188 valence electrons. The zero-order valence-corrected chi connectivity index (χ0v) is 19.9. The van der Waals surface area contributed by atoms with Crippen LogP contribution in [0, 0.1) is 12.7 Å². The number of pyridine rings is 1. The van der Waals surface area contributed by atoms with E-state index in [4.69, 9.17) is 0 Å². The largest absolute Gasteiger partial charge is 0.416 e. The molecule has 3 aromatic rings. The predicted octanol–water partition coefficient (Wildman–Crippen LogP) is 6.21. The fraction of sp³-hybridized carbons (Fsp3) is 0.269. The standard InChI is InChI=1S/C26H24F4N4O2/c1-4-5-19-8-11-23(24(32-19)31-16(3)35)34-14-33(21-10-7-18(27)12-15(21)2)22-9-6-17(26(28,29)30)13-20(22)25(34)36/h6-13H,4-5,14H2,1-3H3,(H,31,32,35). The number of aryl methyl sites for hydroxylation is 2. The molecule has 0 fully saturated rings. The van der Waals surface area contributed by atoms with Gasteiger partial charge in [0, 0.05) is 18.3 Å². The Morgan fingerprint density at radius 3 is 2.36 bits per heavy atom. The van der Waals surface area contributed by atoms with Crippen LogP contribution in [0.1, 0.15) is 47.4 Å². The first kappa shape index (κ1) is 25.2. The third-order valence-electron chi connectivity index (χ3n) is 5.85. The van der Waals surface area contributed by atoms with E-state index in [1.165, 1.54) is 36.1 Å². The monoisotopic (exact) mass is 500 g/mol. The van der Waals surface area contributed by atoms with Gasteiger partial charge in [0.1, 0.15) is 12.5 Å². The average Bonchev–Trinajstić information content (AvgIpc) is 2.79. The van der Waals surface area contributed by atoms with Crippen molar-refractivity contribution in [2.75, 3.05) is 21.8 Å². The number of benzene rings is 2. The van der Waals surface area contributed by atoms with Gasteiger partial charge in [-0.25, -0.2) is 9.37 Å². The van der Waals surface area contributed by atoms with E-state index in [0.717, 1.165) is 18.6 Å². The van der Waals surface area contributed by atoms with Crippen LogP contribution in [0.4, 0.5) is 40.4 Å². The van der Waals surface area contributed by atoms with Gasteiger partial charge >= 0.3 is 6.18 Å².